The minimum atomic E-state index is -0.418. The van der Waals surface area contributed by atoms with Gasteiger partial charge in [-0.1, -0.05) is 6.07 Å². The third-order valence-electron chi connectivity index (χ3n) is 6.64. The average Bonchev–Trinajstić information content (AvgIpc) is 3.62. The van der Waals surface area contributed by atoms with Crippen molar-refractivity contribution in [3.05, 3.63) is 84.5 Å². The molecule has 12 heteroatoms. The molecule has 0 bridgehead atoms. The van der Waals surface area contributed by atoms with Gasteiger partial charge in [-0.05, 0) is 36.8 Å². The highest BCUT2D eigenvalue weighted by molar-refractivity contribution is 5.85. The lowest BCUT2D eigenvalue weighted by Crippen LogP contribution is -2.41. The summed E-state index contributed by atoms with van der Waals surface area (Å²) in [6, 6.07) is 11.6. The molecule has 40 heavy (non-hydrogen) atoms. The first-order valence-electron chi connectivity index (χ1n) is 12.8. The lowest BCUT2D eigenvalue weighted by Gasteiger charge is -2.23. The van der Waals surface area contributed by atoms with Crippen molar-refractivity contribution in [3.8, 4) is 28.8 Å². The summed E-state index contributed by atoms with van der Waals surface area (Å²) in [6.45, 7) is 4.63. The van der Waals surface area contributed by atoms with Gasteiger partial charge in [0.25, 0.3) is 0 Å². The minimum absolute atomic E-state index is 0.0332. The first-order valence-corrected chi connectivity index (χ1v) is 12.8. The van der Waals surface area contributed by atoms with Crippen molar-refractivity contribution >= 4 is 11.3 Å². The summed E-state index contributed by atoms with van der Waals surface area (Å²) in [4.78, 5) is 9.00. The summed E-state index contributed by atoms with van der Waals surface area (Å²) in [5, 5.41) is 24.6. The number of nitrogens with zero attached hydrogens (tertiary/aromatic N) is 7. The van der Waals surface area contributed by atoms with Gasteiger partial charge in [0.1, 0.15) is 30.3 Å². The maximum Gasteiger partial charge on any atom is 0.161 e. The number of pyridine rings is 3. The van der Waals surface area contributed by atoms with E-state index in [-0.39, 0.29) is 12.1 Å². The van der Waals surface area contributed by atoms with Crippen molar-refractivity contribution in [2.24, 2.45) is 0 Å². The number of nitrogens with one attached hydrogen (secondary N) is 2. The number of hydrogen-bond acceptors (Lipinski definition) is 9. The van der Waals surface area contributed by atoms with Crippen molar-refractivity contribution in [1.29, 1.82) is 5.26 Å². The highest BCUT2D eigenvalue weighted by Crippen LogP contribution is 2.31. The van der Waals surface area contributed by atoms with Gasteiger partial charge in [-0.15, -0.1) is 0 Å². The van der Waals surface area contributed by atoms with Crippen LogP contribution >= 0.6 is 0 Å². The number of ether oxygens (including phenoxy) is 2. The first kappa shape index (κ1) is 25.4. The topological polar surface area (TPSA) is 127 Å². The normalized spacial score (nSPS) is 16.0. The molecule has 2 N–H and O–H groups in total. The Labute approximate surface area is 229 Å². The van der Waals surface area contributed by atoms with E-state index in [0.29, 0.717) is 41.7 Å². The van der Waals surface area contributed by atoms with E-state index in [1.54, 1.807) is 35.4 Å². The molecule has 6 heterocycles. The lowest BCUT2D eigenvalue weighted by atomic mass is 10.1. The first-order chi connectivity index (χ1) is 19.6. The molecule has 1 aliphatic heterocycles. The predicted molar refractivity (Wildman–Crippen MR) is 145 cm³/mol. The van der Waals surface area contributed by atoms with Crippen LogP contribution in [0.15, 0.2) is 67.5 Å². The molecule has 5 aromatic heterocycles. The molecule has 0 spiro atoms. The third kappa shape index (κ3) is 5.33. The van der Waals surface area contributed by atoms with Crippen LogP contribution in [0.4, 0.5) is 10.2 Å². The molecular weight excluding hydrogens is 513 g/mol. The molecule has 1 aliphatic rings. The van der Waals surface area contributed by atoms with Crippen molar-refractivity contribution in [3.63, 3.8) is 0 Å². The van der Waals surface area contributed by atoms with Crippen LogP contribution in [0.3, 0.4) is 0 Å². The molecule has 6 rings (SSSR count). The summed E-state index contributed by atoms with van der Waals surface area (Å²) >= 11 is 0. The van der Waals surface area contributed by atoms with Crippen LogP contribution < -0.4 is 15.4 Å². The molecule has 0 amide bonds. The largest absolute Gasteiger partial charge is 0.489 e. The summed E-state index contributed by atoms with van der Waals surface area (Å²) < 4.78 is 28.1. The lowest BCUT2D eigenvalue weighted by molar-refractivity contribution is 0.000108. The van der Waals surface area contributed by atoms with E-state index in [1.165, 1.54) is 10.9 Å². The van der Waals surface area contributed by atoms with Gasteiger partial charge >= 0.3 is 0 Å². The van der Waals surface area contributed by atoms with Crippen molar-refractivity contribution < 1.29 is 13.9 Å². The smallest absolute Gasteiger partial charge is 0.161 e. The second-order valence-electron chi connectivity index (χ2n) is 9.41. The van der Waals surface area contributed by atoms with Crippen LogP contribution in [-0.2, 0) is 4.74 Å². The number of aromatic nitrogens is 6. The van der Waals surface area contributed by atoms with Crippen LogP contribution in [0, 0.1) is 17.1 Å². The zero-order valence-corrected chi connectivity index (χ0v) is 21.7. The Bertz CT molecular complexity index is 1650. The second kappa shape index (κ2) is 11.1. The Morgan fingerprint density at radius 2 is 2.10 bits per heavy atom. The van der Waals surface area contributed by atoms with Crippen LogP contribution in [0.5, 0.6) is 5.75 Å². The van der Waals surface area contributed by atoms with Crippen molar-refractivity contribution in [1.82, 2.24) is 34.7 Å². The summed E-state index contributed by atoms with van der Waals surface area (Å²) in [5.74, 6) is 1.40. The monoisotopic (exact) mass is 539 g/mol. The van der Waals surface area contributed by atoms with Gasteiger partial charge in [-0.2, -0.15) is 15.5 Å². The molecule has 0 aliphatic carbocycles. The fraction of sp³-hybridized carbons (Fsp3) is 0.250. The number of rotatable bonds is 8. The Morgan fingerprint density at radius 1 is 1.18 bits per heavy atom. The van der Waals surface area contributed by atoms with Crippen LogP contribution in [0.2, 0.25) is 0 Å². The zero-order valence-electron chi connectivity index (χ0n) is 21.7. The average molecular weight is 540 g/mol. The van der Waals surface area contributed by atoms with E-state index in [1.807, 2.05) is 31.2 Å². The second-order valence-corrected chi connectivity index (χ2v) is 9.41. The summed E-state index contributed by atoms with van der Waals surface area (Å²) in [6.07, 6.45) is 9.17. The van der Waals surface area contributed by atoms with E-state index in [9.17, 15) is 9.65 Å². The quantitative estimate of drug-likeness (QED) is 0.304. The van der Waals surface area contributed by atoms with Crippen LogP contribution in [0.1, 0.15) is 24.1 Å². The Balaban J connectivity index is 1.20. The van der Waals surface area contributed by atoms with E-state index < -0.39 is 5.82 Å². The number of anilines is 1. The fourth-order valence-electron chi connectivity index (χ4n) is 4.55. The van der Waals surface area contributed by atoms with E-state index >= 15 is 0 Å². The van der Waals surface area contributed by atoms with Crippen molar-refractivity contribution in [2.75, 3.05) is 31.6 Å². The fourth-order valence-corrected chi connectivity index (χ4v) is 4.55. The van der Waals surface area contributed by atoms with Gasteiger partial charge in [-0.3, -0.25) is 0 Å². The SMILES string of the molecule is C[C@H](Nc1ccc(-c2cc(OC[C@H]3CNCCO3)cn3ncc(C#N)c23)cn1)c1ccc(-n2cc(F)cn2)nc1. The molecule has 2 atom stereocenters. The molecule has 0 saturated carbocycles. The van der Waals surface area contributed by atoms with Crippen LogP contribution in [0.25, 0.3) is 22.5 Å². The van der Waals surface area contributed by atoms with Gasteiger partial charge in [0.05, 0.1) is 48.5 Å². The summed E-state index contributed by atoms with van der Waals surface area (Å²) in [7, 11) is 0. The maximum absolute atomic E-state index is 13.3. The predicted octanol–water partition coefficient (Wildman–Crippen LogP) is 3.53. The number of fused-ring (bicyclic) bond motifs is 1. The molecule has 11 nitrogen and oxygen atoms in total. The molecule has 0 aromatic carbocycles. The highest BCUT2D eigenvalue weighted by atomic mass is 19.1. The molecule has 1 fully saturated rings. The molecule has 202 valence electrons. The molecule has 5 aromatic rings. The van der Waals surface area contributed by atoms with Gasteiger partial charge in [0.15, 0.2) is 11.6 Å². The van der Waals surface area contributed by atoms with Crippen molar-refractivity contribution in [2.45, 2.75) is 19.1 Å². The third-order valence-corrected chi connectivity index (χ3v) is 6.64. The Morgan fingerprint density at radius 3 is 2.80 bits per heavy atom. The van der Waals surface area contributed by atoms with E-state index in [4.69, 9.17) is 9.47 Å². The van der Waals surface area contributed by atoms with E-state index in [2.05, 4.69) is 36.9 Å². The number of morpholine rings is 1. The standard InChI is InChI=1S/C28H26FN9O2/c1-18(19-3-5-27(33-10-19)37-15-22(29)13-35-37)36-26-4-2-20(11-32-26)25-8-23(40-17-24-14-31-6-7-39-24)16-38-28(25)21(9-30)12-34-38/h2-5,8,10-13,15-16,18,24,31H,6-7,14,17H2,1H3,(H,32,36)/t18-,24+/m0/s1. The van der Waals surface area contributed by atoms with Crippen LogP contribution in [-0.4, -0.2) is 61.8 Å². The van der Waals surface area contributed by atoms with E-state index in [0.717, 1.165) is 36.0 Å². The molecule has 0 unspecified atom stereocenters. The maximum atomic E-state index is 13.3. The molecular formula is C28H26FN9O2. The Hall–Kier alpha value is -4.86. The summed E-state index contributed by atoms with van der Waals surface area (Å²) in [5.41, 5.74) is 3.69. The number of halogens is 1. The van der Waals surface area contributed by atoms with Gasteiger partial charge in [0, 0.05) is 36.6 Å². The minimum Gasteiger partial charge on any atom is -0.489 e. The molecule has 1 saturated heterocycles. The van der Waals surface area contributed by atoms with Gasteiger partial charge < -0.3 is 20.1 Å². The Kier molecular flexibility index (Phi) is 7.05. The number of nitriles is 1. The molecule has 0 radical (unpaired) electrons. The zero-order chi connectivity index (χ0) is 27.5. The number of hydrogen-bond donors (Lipinski definition) is 2. The van der Waals surface area contributed by atoms with Gasteiger partial charge in [-0.25, -0.2) is 23.6 Å². The highest BCUT2D eigenvalue weighted by Gasteiger charge is 2.17. The van der Waals surface area contributed by atoms with Gasteiger partial charge in [0.2, 0.25) is 0 Å².